The van der Waals surface area contributed by atoms with Gasteiger partial charge in [-0.1, -0.05) is 47.6 Å². The van der Waals surface area contributed by atoms with Crippen molar-refractivity contribution in [3.8, 4) is 0 Å². The summed E-state index contributed by atoms with van der Waals surface area (Å²) in [5.41, 5.74) is 5.20. The van der Waals surface area contributed by atoms with Crippen LogP contribution in [0.15, 0.2) is 41.1 Å². The summed E-state index contributed by atoms with van der Waals surface area (Å²) in [5, 5.41) is 3.06. The molecule has 1 aromatic carbocycles. The molecule has 0 unspecified atom stereocenters. The number of nitrogens with one attached hydrogen (secondary N) is 1. The Morgan fingerprint density at radius 1 is 1.04 bits per heavy atom. The van der Waals surface area contributed by atoms with E-state index in [4.69, 9.17) is 0 Å². The Balaban J connectivity index is 2.05. The second kappa shape index (κ2) is 7.03. The van der Waals surface area contributed by atoms with E-state index in [0.29, 0.717) is 11.3 Å². The molecule has 1 amide bonds. The summed E-state index contributed by atoms with van der Waals surface area (Å²) in [6.07, 6.45) is 1.92. The maximum atomic E-state index is 13.1. The Labute approximate surface area is 175 Å². The second-order valence-electron chi connectivity index (χ2n) is 9.36. The van der Waals surface area contributed by atoms with E-state index in [1.54, 1.807) is 0 Å². The number of halogens is 1. The summed E-state index contributed by atoms with van der Waals surface area (Å²) >= 11 is 3.55. The van der Waals surface area contributed by atoms with Gasteiger partial charge >= 0.3 is 0 Å². The molecule has 0 saturated carbocycles. The van der Waals surface area contributed by atoms with Gasteiger partial charge in [0.2, 0.25) is 0 Å². The van der Waals surface area contributed by atoms with E-state index in [1.807, 2.05) is 41.8 Å². The molecule has 2 aromatic heterocycles. The molecule has 148 valence electrons. The second-order valence-corrected chi connectivity index (χ2v) is 10.1. The smallest absolute Gasteiger partial charge is 0.255 e. The minimum Gasteiger partial charge on any atom is -0.319 e. The summed E-state index contributed by atoms with van der Waals surface area (Å²) in [4.78, 5) is 17.7. The lowest BCUT2D eigenvalue weighted by Crippen LogP contribution is -2.20. The van der Waals surface area contributed by atoms with Gasteiger partial charge in [0, 0.05) is 11.8 Å². The summed E-state index contributed by atoms with van der Waals surface area (Å²) in [7, 11) is 0. The van der Waals surface area contributed by atoms with Gasteiger partial charge in [0.15, 0.2) is 5.65 Å². The molecule has 5 heteroatoms. The first kappa shape index (κ1) is 20.6. The lowest BCUT2D eigenvalue weighted by molar-refractivity contribution is 0.102. The number of benzene rings is 1. The Hall–Kier alpha value is -2.14. The van der Waals surface area contributed by atoms with Crippen LogP contribution in [-0.2, 0) is 10.8 Å². The van der Waals surface area contributed by atoms with Crippen LogP contribution in [0.2, 0.25) is 0 Å². The van der Waals surface area contributed by atoms with Gasteiger partial charge in [-0.05, 0) is 69.1 Å². The highest BCUT2D eigenvalue weighted by molar-refractivity contribution is 9.10. The van der Waals surface area contributed by atoms with Gasteiger partial charge in [-0.2, -0.15) is 0 Å². The van der Waals surface area contributed by atoms with Crippen LogP contribution in [0.1, 0.15) is 68.7 Å². The highest BCUT2D eigenvalue weighted by Gasteiger charge is 2.22. The number of nitrogens with zero attached hydrogens (tertiary/aromatic N) is 2. The van der Waals surface area contributed by atoms with E-state index in [9.17, 15) is 4.79 Å². The van der Waals surface area contributed by atoms with Crippen molar-refractivity contribution in [2.24, 2.45) is 0 Å². The largest absolute Gasteiger partial charge is 0.319 e. The lowest BCUT2D eigenvalue weighted by atomic mass is 9.79. The van der Waals surface area contributed by atoms with Gasteiger partial charge in [0.1, 0.15) is 4.60 Å². The molecule has 0 spiro atoms. The molecule has 3 aromatic rings. The Morgan fingerprint density at radius 2 is 1.61 bits per heavy atom. The number of hydrogen-bond acceptors (Lipinski definition) is 2. The number of hydrogen-bond donors (Lipinski definition) is 1. The first-order valence-electron chi connectivity index (χ1n) is 9.48. The molecule has 0 aliphatic carbocycles. The predicted octanol–water partition coefficient (Wildman–Crippen LogP) is 6.25. The number of aryl methyl sites for hydroxylation is 1. The van der Waals surface area contributed by atoms with Gasteiger partial charge in [0.25, 0.3) is 5.91 Å². The van der Waals surface area contributed by atoms with Crippen LogP contribution in [0.3, 0.4) is 0 Å². The van der Waals surface area contributed by atoms with E-state index in [-0.39, 0.29) is 16.7 Å². The summed E-state index contributed by atoms with van der Waals surface area (Å²) in [6, 6.07) is 9.99. The van der Waals surface area contributed by atoms with Crippen LogP contribution in [0.25, 0.3) is 5.65 Å². The molecule has 1 N–H and O–H groups in total. The first-order valence-corrected chi connectivity index (χ1v) is 10.3. The molecule has 4 nitrogen and oxygen atoms in total. The molecule has 3 rings (SSSR count). The summed E-state index contributed by atoms with van der Waals surface area (Å²) in [6.45, 7) is 14.9. The van der Waals surface area contributed by atoms with E-state index < -0.39 is 0 Å². The predicted molar refractivity (Wildman–Crippen MR) is 119 cm³/mol. The molecule has 0 aliphatic heterocycles. The summed E-state index contributed by atoms with van der Waals surface area (Å²) in [5.74, 6) is -0.124. The first-order chi connectivity index (χ1) is 12.9. The third-order valence-electron chi connectivity index (χ3n) is 4.93. The van der Waals surface area contributed by atoms with Crippen LogP contribution >= 0.6 is 15.9 Å². The minimum atomic E-state index is -0.124. The topological polar surface area (TPSA) is 46.4 Å². The number of pyridine rings is 1. The van der Waals surface area contributed by atoms with Gasteiger partial charge in [-0.3, -0.25) is 9.20 Å². The van der Waals surface area contributed by atoms with Gasteiger partial charge in [-0.25, -0.2) is 4.98 Å². The Morgan fingerprint density at radius 3 is 2.14 bits per heavy atom. The molecule has 0 saturated heterocycles. The van der Waals surface area contributed by atoms with E-state index >= 15 is 0 Å². The molecule has 0 fully saturated rings. The zero-order valence-corrected chi connectivity index (χ0v) is 19.2. The molecular formula is C23H28BrN3O. The van der Waals surface area contributed by atoms with E-state index in [0.717, 1.165) is 27.1 Å². The van der Waals surface area contributed by atoms with Gasteiger partial charge in [0.05, 0.1) is 11.4 Å². The maximum absolute atomic E-state index is 13.1. The number of carbonyl (C=O) groups is 1. The standard InChI is InChI=1S/C23H28BrN3O/c1-14-19(24)27-10-8-9-18(20(27)25-14)26-21(28)15-11-16(22(2,3)4)13-17(12-15)23(5,6)7/h8-13H,1-7H3,(H,26,28). The molecule has 0 bridgehead atoms. The van der Waals surface area contributed by atoms with Crippen molar-refractivity contribution < 1.29 is 4.79 Å². The van der Waals surface area contributed by atoms with Gasteiger partial charge in [-0.15, -0.1) is 0 Å². The number of imidazole rings is 1. The summed E-state index contributed by atoms with van der Waals surface area (Å²) < 4.78 is 2.82. The van der Waals surface area contributed by atoms with E-state index in [1.165, 1.54) is 0 Å². The fourth-order valence-corrected chi connectivity index (χ4v) is 3.44. The normalized spacial score (nSPS) is 12.4. The zero-order chi connectivity index (χ0) is 20.9. The average Bonchev–Trinajstić information content (AvgIpc) is 2.89. The molecule has 0 atom stereocenters. The molecule has 0 radical (unpaired) electrons. The number of aromatic nitrogens is 2. The number of anilines is 1. The average molecular weight is 442 g/mol. The third kappa shape index (κ3) is 4.00. The third-order valence-corrected chi connectivity index (χ3v) is 5.88. The zero-order valence-electron chi connectivity index (χ0n) is 17.6. The highest BCUT2D eigenvalue weighted by atomic mass is 79.9. The number of carbonyl (C=O) groups excluding carboxylic acids is 1. The Bertz CT molecular complexity index is 1020. The van der Waals surface area contributed by atoms with Crippen molar-refractivity contribution in [3.05, 3.63) is 63.5 Å². The van der Waals surface area contributed by atoms with Crippen molar-refractivity contribution in [1.29, 1.82) is 0 Å². The van der Waals surface area contributed by atoms with Crippen molar-refractivity contribution in [3.63, 3.8) is 0 Å². The molecular weight excluding hydrogens is 414 g/mol. The quantitative estimate of drug-likeness (QED) is 0.510. The van der Waals surface area contributed by atoms with Crippen molar-refractivity contribution in [2.75, 3.05) is 5.32 Å². The molecule has 2 heterocycles. The number of amides is 1. The Kier molecular flexibility index (Phi) is 5.17. The van der Waals surface area contributed by atoms with Crippen LogP contribution in [-0.4, -0.2) is 15.3 Å². The van der Waals surface area contributed by atoms with Crippen LogP contribution < -0.4 is 5.32 Å². The number of rotatable bonds is 2. The van der Waals surface area contributed by atoms with Crippen LogP contribution in [0, 0.1) is 6.92 Å². The lowest BCUT2D eigenvalue weighted by Gasteiger charge is -2.26. The fraction of sp³-hybridized carbons (Fsp3) is 0.391. The monoisotopic (exact) mass is 441 g/mol. The van der Waals surface area contributed by atoms with Gasteiger partial charge < -0.3 is 5.32 Å². The van der Waals surface area contributed by atoms with Crippen LogP contribution in [0.5, 0.6) is 0 Å². The molecule has 0 aliphatic rings. The SMILES string of the molecule is Cc1nc2c(NC(=O)c3cc(C(C)(C)C)cc(C(C)(C)C)c3)cccn2c1Br. The highest BCUT2D eigenvalue weighted by Crippen LogP contribution is 2.31. The van der Waals surface area contributed by atoms with Crippen molar-refractivity contribution in [1.82, 2.24) is 9.38 Å². The minimum absolute atomic E-state index is 0.0403. The fourth-order valence-electron chi connectivity index (χ4n) is 3.07. The van der Waals surface area contributed by atoms with E-state index in [2.05, 4.69) is 73.8 Å². The van der Waals surface area contributed by atoms with Crippen LogP contribution in [0.4, 0.5) is 5.69 Å². The van der Waals surface area contributed by atoms with Crippen molar-refractivity contribution in [2.45, 2.75) is 59.3 Å². The molecule has 28 heavy (non-hydrogen) atoms. The van der Waals surface area contributed by atoms with Crippen molar-refractivity contribution >= 4 is 33.2 Å². The number of fused-ring (bicyclic) bond motifs is 1. The maximum Gasteiger partial charge on any atom is 0.255 e.